The Hall–Kier alpha value is -5.06. The number of rotatable bonds is 14. The van der Waals surface area contributed by atoms with Crippen LogP contribution in [0.4, 0.5) is 8.78 Å². The summed E-state index contributed by atoms with van der Waals surface area (Å²) in [6.45, 7) is 4.25. The minimum atomic E-state index is -2.70. The van der Waals surface area contributed by atoms with Gasteiger partial charge in [-0.3, -0.25) is 19.6 Å². The average Bonchev–Trinajstić information content (AvgIpc) is 3.72. The van der Waals surface area contributed by atoms with Crippen molar-refractivity contribution in [2.45, 2.75) is 135 Å². The molecule has 3 fully saturated rings. The molecule has 314 valence electrons. The molecular formula is C41H52F2N6O9. The molecule has 0 unspecified atom stereocenters. The number of H-pyrrole nitrogens is 2. The second kappa shape index (κ2) is 20.1. The van der Waals surface area contributed by atoms with Crippen LogP contribution in [0.5, 0.6) is 12.0 Å². The number of hydrogen-bond donors (Lipinski definition) is 2. The summed E-state index contributed by atoms with van der Waals surface area (Å²) in [5.74, 6) is -2.76. The first-order valence-electron chi connectivity index (χ1n) is 20.5. The molecule has 0 aromatic carbocycles. The van der Waals surface area contributed by atoms with Crippen molar-refractivity contribution >= 4 is 33.6 Å². The molecule has 0 bridgehead atoms. The highest BCUT2D eigenvalue weighted by molar-refractivity contribution is 5.85. The van der Waals surface area contributed by atoms with Gasteiger partial charge in [0.1, 0.15) is 10.8 Å². The molecule has 15 nitrogen and oxygen atoms in total. The van der Waals surface area contributed by atoms with E-state index in [0.29, 0.717) is 80.9 Å². The van der Waals surface area contributed by atoms with Crippen LogP contribution >= 0.6 is 0 Å². The van der Waals surface area contributed by atoms with Crippen molar-refractivity contribution in [2.75, 3.05) is 13.2 Å². The van der Waals surface area contributed by atoms with E-state index in [2.05, 4.69) is 30.2 Å². The highest BCUT2D eigenvalue weighted by atomic mass is 19.3. The summed E-state index contributed by atoms with van der Waals surface area (Å²) in [6, 6.07) is 2.43. The lowest BCUT2D eigenvalue weighted by Gasteiger charge is -2.27. The lowest BCUT2D eigenvalue weighted by atomic mass is 9.84. The second-order valence-corrected chi connectivity index (χ2v) is 15.5. The van der Waals surface area contributed by atoms with Crippen LogP contribution in [-0.2, 0) is 17.6 Å². The van der Waals surface area contributed by atoms with Crippen molar-refractivity contribution in [1.82, 2.24) is 19.9 Å². The maximum atomic E-state index is 13.4. The first-order chi connectivity index (χ1) is 28.0. The van der Waals surface area contributed by atoms with E-state index in [1.54, 1.807) is 0 Å². The number of nitrogens with one attached hydrogen (secondary N) is 2. The van der Waals surface area contributed by atoms with Gasteiger partial charge in [-0.05, 0) is 107 Å². The maximum Gasteiger partial charge on any atom is 0.337 e. The van der Waals surface area contributed by atoms with Gasteiger partial charge in [0.25, 0.3) is 11.1 Å². The number of aromatic nitrogens is 4. The predicted octanol–water partition coefficient (Wildman–Crippen LogP) is 7.51. The summed E-state index contributed by atoms with van der Waals surface area (Å²) in [4.78, 5) is 72.8. The molecule has 0 radical (unpaired) electrons. The Labute approximate surface area is 332 Å². The zero-order valence-electron chi connectivity index (χ0n) is 33.2. The highest BCUT2D eigenvalue weighted by Gasteiger charge is 2.36. The van der Waals surface area contributed by atoms with E-state index in [1.165, 1.54) is 44.2 Å². The van der Waals surface area contributed by atoms with E-state index in [9.17, 15) is 28.0 Å². The predicted molar refractivity (Wildman–Crippen MR) is 213 cm³/mol. The highest BCUT2D eigenvalue weighted by Crippen LogP contribution is 2.35. The van der Waals surface area contributed by atoms with Gasteiger partial charge in [0.2, 0.25) is 17.3 Å². The van der Waals surface area contributed by atoms with Gasteiger partial charge in [-0.25, -0.2) is 18.4 Å². The Kier molecular flexibility index (Phi) is 14.7. The van der Waals surface area contributed by atoms with Gasteiger partial charge in [-0.15, -0.1) is 0 Å². The van der Waals surface area contributed by atoms with Crippen LogP contribution in [0.1, 0.15) is 128 Å². The zero-order valence-corrected chi connectivity index (χ0v) is 33.2. The molecule has 3 aliphatic carbocycles. The van der Waals surface area contributed by atoms with Crippen molar-refractivity contribution in [2.24, 2.45) is 22.1 Å². The molecule has 7 rings (SSSR count). The molecular weight excluding hydrogens is 758 g/mol. The number of nitrogens with zero attached hydrogens (tertiary/aromatic N) is 4. The number of aromatic amines is 2. The Bertz CT molecular complexity index is 2300. The number of alkyl halides is 2. The second-order valence-electron chi connectivity index (χ2n) is 15.5. The van der Waals surface area contributed by atoms with Crippen molar-refractivity contribution in [3.8, 4) is 12.0 Å². The van der Waals surface area contributed by atoms with Gasteiger partial charge in [-0.2, -0.15) is 9.97 Å². The van der Waals surface area contributed by atoms with Gasteiger partial charge in [0.05, 0.1) is 11.4 Å². The standard InChI is InChI=1S/C23H29F2N3O4.C18H23N3O5/c1-23(24,25)16-9-11-17(12-10-16)28-32-22-26-20(30)19-15(13-18(29)31-21(19)27-22)8-7-14-5-3-2-4-6-14;1-2-9-24-10-5-6-12-11-14(22)25-17-15(12)16(23)19-18(20-17)26-21-13-7-3-4-8-13/h13-14,16H,2-12H2,1H3,(H,26,27,30);11H,2-10H2,1H3,(H,19,20,23). The third-order valence-electron chi connectivity index (χ3n) is 11.0. The van der Waals surface area contributed by atoms with Crippen LogP contribution < -0.4 is 32.0 Å². The molecule has 17 heteroatoms. The van der Waals surface area contributed by atoms with Crippen LogP contribution in [0.15, 0.2) is 50.5 Å². The van der Waals surface area contributed by atoms with Crippen LogP contribution in [0, 0.1) is 11.8 Å². The smallest absolute Gasteiger partial charge is 0.337 e. The first kappa shape index (κ1) is 42.5. The van der Waals surface area contributed by atoms with E-state index in [1.807, 2.05) is 6.92 Å². The lowest BCUT2D eigenvalue weighted by Crippen LogP contribution is -2.29. The maximum absolute atomic E-state index is 13.4. The normalized spacial score (nSPS) is 17.6. The van der Waals surface area contributed by atoms with Crippen LogP contribution in [0.2, 0.25) is 0 Å². The molecule has 4 aromatic heterocycles. The lowest BCUT2D eigenvalue weighted by molar-refractivity contribution is -0.0468. The van der Waals surface area contributed by atoms with Gasteiger partial charge < -0.3 is 23.2 Å². The number of fused-ring (bicyclic) bond motifs is 2. The topological polar surface area (TPSA) is 204 Å². The summed E-state index contributed by atoms with van der Waals surface area (Å²) in [5, 5.41) is 8.51. The number of hydrogen-bond acceptors (Lipinski definition) is 13. The van der Waals surface area contributed by atoms with E-state index >= 15 is 0 Å². The molecule has 2 N–H and O–H groups in total. The summed E-state index contributed by atoms with van der Waals surface area (Å²) in [5.41, 5.74) is 0.707. The molecule has 0 atom stereocenters. The minimum absolute atomic E-state index is 0.0349. The Balaban J connectivity index is 0.000000200. The summed E-state index contributed by atoms with van der Waals surface area (Å²) < 4.78 is 42.6. The monoisotopic (exact) mass is 810 g/mol. The van der Waals surface area contributed by atoms with Gasteiger partial charge >= 0.3 is 23.3 Å². The van der Waals surface area contributed by atoms with E-state index in [4.69, 9.17) is 23.2 Å². The minimum Gasteiger partial charge on any atom is -0.403 e. The van der Waals surface area contributed by atoms with E-state index in [0.717, 1.165) is 51.2 Å². The quantitative estimate of drug-likeness (QED) is 0.0942. The Morgan fingerprint density at radius 3 is 1.81 bits per heavy atom. The number of aryl methyl sites for hydroxylation is 2. The third kappa shape index (κ3) is 11.8. The van der Waals surface area contributed by atoms with E-state index < -0.39 is 34.2 Å². The van der Waals surface area contributed by atoms with Crippen molar-refractivity contribution in [3.63, 3.8) is 0 Å². The zero-order chi connectivity index (χ0) is 41.1. The van der Waals surface area contributed by atoms with Gasteiger partial charge in [0.15, 0.2) is 0 Å². The third-order valence-corrected chi connectivity index (χ3v) is 11.0. The molecule has 4 heterocycles. The SMILES string of the molecule is CC(F)(F)C1CCC(=NOc2nc3oc(=O)cc(CCC4CCCCC4)c3c(=O)[nH]2)CC1.CCCOCCCc1cc(=O)oc2nc(ON=C3CCCC3)[nH]c(=O)c12. The summed E-state index contributed by atoms with van der Waals surface area (Å²) in [6.07, 6.45) is 15.2. The first-order valence-corrected chi connectivity index (χ1v) is 20.5. The number of oxime groups is 2. The fourth-order valence-corrected chi connectivity index (χ4v) is 7.82. The van der Waals surface area contributed by atoms with Crippen LogP contribution in [0.3, 0.4) is 0 Å². The Morgan fingerprint density at radius 1 is 0.741 bits per heavy atom. The number of ether oxygens (including phenoxy) is 1. The van der Waals surface area contributed by atoms with Crippen molar-refractivity contribution in [1.29, 1.82) is 0 Å². The molecule has 0 spiro atoms. The van der Waals surface area contributed by atoms with Crippen molar-refractivity contribution < 1.29 is 32.0 Å². The van der Waals surface area contributed by atoms with Crippen molar-refractivity contribution in [3.05, 3.63) is 64.8 Å². The molecule has 0 amide bonds. The van der Waals surface area contributed by atoms with Gasteiger partial charge in [-0.1, -0.05) is 49.3 Å². The number of halogens is 2. The summed E-state index contributed by atoms with van der Waals surface area (Å²) in [7, 11) is 0. The molecule has 0 saturated heterocycles. The molecule has 3 aliphatic rings. The van der Waals surface area contributed by atoms with Crippen LogP contribution in [-0.4, -0.2) is 50.5 Å². The fourth-order valence-electron chi connectivity index (χ4n) is 7.82. The van der Waals surface area contributed by atoms with E-state index in [-0.39, 0.29) is 34.2 Å². The average molecular weight is 811 g/mol. The molecule has 58 heavy (non-hydrogen) atoms. The molecule has 3 saturated carbocycles. The summed E-state index contributed by atoms with van der Waals surface area (Å²) >= 11 is 0. The van der Waals surface area contributed by atoms with Crippen LogP contribution in [0.25, 0.3) is 22.2 Å². The largest absolute Gasteiger partial charge is 0.403 e. The Morgan fingerprint density at radius 2 is 1.28 bits per heavy atom. The molecule has 0 aliphatic heterocycles. The fraction of sp³-hybridized carbons (Fsp3) is 0.610. The molecule has 4 aromatic rings. The van der Waals surface area contributed by atoms with Gasteiger partial charge in [0, 0.05) is 31.3 Å².